The molecule has 0 spiro atoms. The first-order valence-corrected chi connectivity index (χ1v) is 5.66. The second-order valence-corrected chi connectivity index (χ2v) is 4.27. The van der Waals surface area contributed by atoms with Crippen molar-refractivity contribution in [1.29, 1.82) is 0 Å². The lowest BCUT2D eigenvalue weighted by Gasteiger charge is -2.13. The number of hydrogen-bond acceptors (Lipinski definition) is 4. The smallest absolute Gasteiger partial charge is 0.241 e. The number of aromatic nitrogens is 1. The predicted molar refractivity (Wildman–Crippen MR) is 73.3 cm³/mol. The average Bonchev–Trinajstić information content (AvgIpc) is 2.38. The van der Waals surface area contributed by atoms with Gasteiger partial charge in [-0.2, -0.15) is 0 Å². The molecule has 5 nitrogen and oxygen atoms in total. The van der Waals surface area contributed by atoms with Gasteiger partial charge in [-0.25, -0.2) is 0 Å². The maximum absolute atomic E-state index is 11.5. The number of carbonyl (C=O) groups is 1. The summed E-state index contributed by atoms with van der Waals surface area (Å²) in [5.41, 5.74) is 7.47. The number of hydrogen-bond donors (Lipinski definition) is 2. The molecule has 3 N–H and O–H groups in total. The molecule has 1 aromatic carbocycles. The highest BCUT2D eigenvalue weighted by Gasteiger charge is 2.07. The van der Waals surface area contributed by atoms with E-state index in [1.807, 2.05) is 18.2 Å². The minimum absolute atomic E-state index is 0.0175. The lowest BCUT2D eigenvalue weighted by molar-refractivity contribution is -0.126. The highest BCUT2D eigenvalue weighted by molar-refractivity contribution is 6.01. The summed E-state index contributed by atoms with van der Waals surface area (Å²) in [6.45, 7) is 0.251. The number of likely N-dealkylation sites (N-methyl/N-ethyl adjacent to an activating group) is 1. The minimum atomic E-state index is 0.0175. The molecule has 0 saturated carbocycles. The number of anilines is 2. The summed E-state index contributed by atoms with van der Waals surface area (Å²) in [6, 6.07) is 5.55. The van der Waals surface area contributed by atoms with E-state index in [4.69, 9.17) is 5.73 Å². The second-order valence-electron chi connectivity index (χ2n) is 4.27. The van der Waals surface area contributed by atoms with Crippen LogP contribution < -0.4 is 11.1 Å². The highest BCUT2D eigenvalue weighted by Crippen LogP contribution is 2.27. The van der Waals surface area contributed by atoms with Crippen molar-refractivity contribution in [1.82, 2.24) is 9.88 Å². The van der Waals surface area contributed by atoms with E-state index in [2.05, 4.69) is 10.3 Å². The van der Waals surface area contributed by atoms with Crippen LogP contribution in [0, 0.1) is 0 Å². The van der Waals surface area contributed by atoms with Crippen molar-refractivity contribution in [3.05, 3.63) is 30.6 Å². The fourth-order valence-electron chi connectivity index (χ4n) is 1.70. The van der Waals surface area contributed by atoms with Crippen molar-refractivity contribution in [2.24, 2.45) is 0 Å². The summed E-state index contributed by atoms with van der Waals surface area (Å²) >= 11 is 0. The molecule has 0 aliphatic rings. The molecule has 5 heteroatoms. The zero-order valence-corrected chi connectivity index (χ0v) is 10.5. The molecule has 0 bridgehead atoms. The average molecular weight is 244 g/mol. The van der Waals surface area contributed by atoms with Crippen LogP contribution in [-0.2, 0) is 4.79 Å². The van der Waals surface area contributed by atoms with E-state index in [0.717, 1.165) is 16.5 Å². The van der Waals surface area contributed by atoms with E-state index in [0.29, 0.717) is 5.69 Å². The molecule has 0 fully saturated rings. The van der Waals surface area contributed by atoms with E-state index in [1.54, 1.807) is 31.4 Å². The molecule has 0 aliphatic carbocycles. The van der Waals surface area contributed by atoms with E-state index < -0.39 is 0 Å². The summed E-state index contributed by atoms with van der Waals surface area (Å²) in [5.74, 6) is 0.0175. The summed E-state index contributed by atoms with van der Waals surface area (Å²) < 4.78 is 0. The number of amides is 1. The van der Waals surface area contributed by atoms with E-state index in [-0.39, 0.29) is 12.5 Å². The Hall–Kier alpha value is -2.30. The first-order valence-electron chi connectivity index (χ1n) is 5.66. The molecular weight excluding hydrogens is 228 g/mol. The third-order valence-electron chi connectivity index (χ3n) is 2.78. The van der Waals surface area contributed by atoms with Gasteiger partial charge in [0, 0.05) is 48.6 Å². The van der Waals surface area contributed by atoms with Crippen LogP contribution in [0.1, 0.15) is 0 Å². The van der Waals surface area contributed by atoms with Crippen LogP contribution >= 0.6 is 0 Å². The van der Waals surface area contributed by atoms with Crippen molar-refractivity contribution < 1.29 is 4.79 Å². The molecule has 2 rings (SSSR count). The Morgan fingerprint density at radius 1 is 1.33 bits per heavy atom. The summed E-state index contributed by atoms with van der Waals surface area (Å²) in [5, 5.41) is 4.97. The molecule has 1 aromatic heterocycles. The summed E-state index contributed by atoms with van der Waals surface area (Å²) in [4.78, 5) is 17.2. The first kappa shape index (κ1) is 12.2. The van der Waals surface area contributed by atoms with Gasteiger partial charge in [0.1, 0.15) is 0 Å². The monoisotopic (exact) mass is 244 g/mol. The van der Waals surface area contributed by atoms with Crippen LogP contribution in [0.2, 0.25) is 0 Å². The van der Waals surface area contributed by atoms with Gasteiger partial charge in [0.2, 0.25) is 5.91 Å². The number of fused-ring (bicyclic) bond motifs is 1. The molecule has 0 saturated heterocycles. The minimum Gasteiger partial charge on any atom is -0.398 e. The third-order valence-corrected chi connectivity index (χ3v) is 2.78. The van der Waals surface area contributed by atoms with Gasteiger partial charge in [0.15, 0.2) is 0 Å². The number of rotatable bonds is 3. The van der Waals surface area contributed by atoms with E-state index in [1.165, 1.54) is 0 Å². The topological polar surface area (TPSA) is 71.2 Å². The Labute approximate surface area is 106 Å². The number of benzene rings is 1. The number of nitrogens with zero attached hydrogens (tertiary/aromatic N) is 2. The van der Waals surface area contributed by atoms with Crippen LogP contribution in [0.4, 0.5) is 11.4 Å². The molecule has 0 aliphatic heterocycles. The largest absolute Gasteiger partial charge is 0.398 e. The summed E-state index contributed by atoms with van der Waals surface area (Å²) in [6.07, 6.45) is 3.45. The number of nitrogens with one attached hydrogen (secondary N) is 1. The zero-order chi connectivity index (χ0) is 13.1. The molecule has 2 aromatic rings. The Morgan fingerprint density at radius 2 is 2.11 bits per heavy atom. The van der Waals surface area contributed by atoms with Crippen molar-refractivity contribution in [2.75, 3.05) is 31.7 Å². The first-order chi connectivity index (χ1) is 8.59. The van der Waals surface area contributed by atoms with Crippen molar-refractivity contribution in [3.8, 4) is 0 Å². The Morgan fingerprint density at radius 3 is 2.83 bits per heavy atom. The van der Waals surface area contributed by atoms with Gasteiger partial charge in [-0.1, -0.05) is 0 Å². The predicted octanol–water partition coefficient (Wildman–Crippen LogP) is 1.32. The number of nitrogen functional groups attached to an aromatic ring is 1. The van der Waals surface area contributed by atoms with Gasteiger partial charge in [0.05, 0.1) is 6.54 Å². The standard InChI is InChI=1S/C13H16N4O/c1-17(2)13(18)8-16-12-4-3-11(14)9-5-6-15-7-10(9)12/h3-7,16H,8,14H2,1-2H3. The molecule has 18 heavy (non-hydrogen) atoms. The molecule has 0 unspecified atom stereocenters. The number of pyridine rings is 1. The van der Waals surface area contributed by atoms with Gasteiger partial charge >= 0.3 is 0 Å². The molecule has 1 amide bonds. The molecule has 0 atom stereocenters. The number of carbonyl (C=O) groups excluding carboxylic acids is 1. The normalized spacial score (nSPS) is 10.3. The SMILES string of the molecule is CN(C)C(=O)CNc1ccc(N)c2ccncc12. The van der Waals surface area contributed by atoms with Gasteiger partial charge in [-0.05, 0) is 18.2 Å². The Bertz CT molecular complexity index is 580. The number of nitrogens with two attached hydrogens (primary N) is 1. The van der Waals surface area contributed by atoms with Crippen LogP contribution in [0.5, 0.6) is 0 Å². The van der Waals surface area contributed by atoms with Gasteiger partial charge in [-0.15, -0.1) is 0 Å². The maximum Gasteiger partial charge on any atom is 0.241 e. The molecule has 94 valence electrons. The lowest BCUT2D eigenvalue weighted by Crippen LogP contribution is -2.28. The second kappa shape index (κ2) is 4.91. The third kappa shape index (κ3) is 2.34. The quantitative estimate of drug-likeness (QED) is 0.799. The van der Waals surface area contributed by atoms with Gasteiger partial charge in [-0.3, -0.25) is 9.78 Å². The van der Waals surface area contributed by atoms with Gasteiger partial charge < -0.3 is 16.0 Å². The van der Waals surface area contributed by atoms with Crippen LogP contribution in [0.15, 0.2) is 30.6 Å². The Balaban J connectivity index is 2.29. The van der Waals surface area contributed by atoms with Crippen LogP contribution in [0.3, 0.4) is 0 Å². The molecular formula is C13H16N4O. The zero-order valence-electron chi connectivity index (χ0n) is 10.5. The molecule has 0 radical (unpaired) electrons. The van der Waals surface area contributed by atoms with Gasteiger partial charge in [0.25, 0.3) is 0 Å². The highest BCUT2D eigenvalue weighted by atomic mass is 16.2. The van der Waals surface area contributed by atoms with Crippen LogP contribution in [0.25, 0.3) is 10.8 Å². The van der Waals surface area contributed by atoms with Crippen molar-refractivity contribution in [2.45, 2.75) is 0 Å². The van der Waals surface area contributed by atoms with E-state index in [9.17, 15) is 4.79 Å². The van der Waals surface area contributed by atoms with Crippen molar-refractivity contribution in [3.63, 3.8) is 0 Å². The Kier molecular flexibility index (Phi) is 3.32. The summed E-state index contributed by atoms with van der Waals surface area (Å²) in [7, 11) is 3.46. The van der Waals surface area contributed by atoms with Crippen LogP contribution in [-0.4, -0.2) is 36.4 Å². The maximum atomic E-state index is 11.5. The molecule has 1 heterocycles. The van der Waals surface area contributed by atoms with Crippen molar-refractivity contribution >= 4 is 28.1 Å². The lowest BCUT2D eigenvalue weighted by atomic mass is 10.1. The fraction of sp³-hybridized carbons (Fsp3) is 0.231. The fourth-order valence-corrected chi connectivity index (χ4v) is 1.70. The van der Waals surface area contributed by atoms with E-state index >= 15 is 0 Å².